The average molecular weight is 474 g/mol. The van der Waals surface area contributed by atoms with Crippen molar-refractivity contribution < 1.29 is 13.9 Å². The molecule has 0 atom stereocenters. The highest BCUT2D eigenvalue weighted by atomic mass is 127. The van der Waals surface area contributed by atoms with E-state index in [0.717, 1.165) is 9.26 Å². The van der Waals surface area contributed by atoms with Crippen molar-refractivity contribution in [1.29, 1.82) is 0 Å². The molecule has 0 aliphatic heterocycles. The van der Waals surface area contributed by atoms with Gasteiger partial charge in [-0.2, -0.15) is 0 Å². The Morgan fingerprint density at radius 3 is 2.78 bits per heavy atom. The van der Waals surface area contributed by atoms with Gasteiger partial charge >= 0.3 is 6.09 Å². The molecule has 0 saturated carbocycles. The molecule has 0 aliphatic carbocycles. The van der Waals surface area contributed by atoms with Gasteiger partial charge in [0, 0.05) is 0 Å². The zero-order chi connectivity index (χ0) is 18.6. The summed E-state index contributed by atoms with van der Waals surface area (Å²) in [4.78, 5) is 18.5. The van der Waals surface area contributed by atoms with Gasteiger partial charge in [0.1, 0.15) is 16.1 Å². The summed E-state index contributed by atoms with van der Waals surface area (Å²) in [6, 6.07) is 16.7. The molecule has 0 unspecified atom stereocenters. The van der Waals surface area contributed by atoms with Crippen LogP contribution in [0.5, 0.6) is 0 Å². The fraction of sp³-hybridized carbons (Fsp3) is 0.105. The molecule has 1 amide bonds. The van der Waals surface area contributed by atoms with Crippen molar-refractivity contribution in [1.82, 2.24) is 14.6 Å². The van der Waals surface area contributed by atoms with Crippen LogP contribution in [0.1, 0.15) is 11.3 Å². The maximum Gasteiger partial charge on any atom is 0.416 e. The number of carbonyl (C=O) groups is 1. The summed E-state index contributed by atoms with van der Waals surface area (Å²) in [7, 11) is 0. The molecule has 0 bridgehead atoms. The normalized spacial score (nSPS) is 10.9. The second kappa shape index (κ2) is 7.78. The molecule has 3 aromatic heterocycles. The summed E-state index contributed by atoms with van der Waals surface area (Å²) < 4.78 is 13.4. The van der Waals surface area contributed by atoms with Gasteiger partial charge in [0.05, 0.1) is 19.0 Å². The Bertz CT molecular complexity index is 1050. The monoisotopic (exact) mass is 474 g/mol. The van der Waals surface area contributed by atoms with E-state index in [0.29, 0.717) is 17.2 Å². The van der Waals surface area contributed by atoms with Crippen molar-refractivity contribution in [3.8, 4) is 0 Å². The molecule has 3 heterocycles. The Morgan fingerprint density at radius 1 is 1.15 bits per heavy atom. The van der Waals surface area contributed by atoms with Crippen LogP contribution in [0.25, 0.3) is 5.65 Å². The first kappa shape index (κ1) is 17.5. The van der Waals surface area contributed by atoms with E-state index in [1.54, 1.807) is 35.2 Å². The molecule has 8 heteroatoms. The highest BCUT2D eigenvalue weighted by Gasteiger charge is 2.21. The second-order valence-electron chi connectivity index (χ2n) is 5.75. The number of imidazole rings is 1. The quantitative estimate of drug-likeness (QED) is 0.404. The number of fused-ring (bicyclic) bond motifs is 1. The average Bonchev–Trinajstić information content (AvgIpc) is 3.35. The Hall–Kier alpha value is -2.88. The SMILES string of the molecule is O=C(OCc1ccccc1)N(Cc1ccco1)c1ccc2ncc(I)n2n1. The molecular formula is C19H15IN4O3. The van der Waals surface area contributed by atoms with Crippen molar-refractivity contribution >= 4 is 40.1 Å². The first-order valence-corrected chi connectivity index (χ1v) is 9.29. The Kier molecular flexibility index (Phi) is 5.05. The number of hydrogen-bond donors (Lipinski definition) is 0. The van der Waals surface area contributed by atoms with Gasteiger partial charge in [-0.05, 0) is 52.4 Å². The van der Waals surface area contributed by atoms with Gasteiger partial charge in [0.15, 0.2) is 11.5 Å². The number of nitrogens with zero attached hydrogens (tertiary/aromatic N) is 4. The van der Waals surface area contributed by atoms with Gasteiger partial charge in [-0.3, -0.25) is 4.90 Å². The number of anilines is 1. The number of aromatic nitrogens is 3. The van der Waals surface area contributed by atoms with Gasteiger partial charge in [-0.15, -0.1) is 5.10 Å². The number of halogens is 1. The van der Waals surface area contributed by atoms with E-state index in [-0.39, 0.29) is 13.2 Å². The lowest BCUT2D eigenvalue weighted by Crippen LogP contribution is -2.32. The predicted octanol–water partition coefficient (Wildman–Crippen LogP) is 4.27. The number of furan rings is 1. The zero-order valence-corrected chi connectivity index (χ0v) is 16.3. The molecule has 7 nitrogen and oxygen atoms in total. The van der Waals surface area contributed by atoms with E-state index < -0.39 is 6.09 Å². The van der Waals surface area contributed by atoms with Crippen molar-refractivity contribution in [2.45, 2.75) is 13.2 Å². The van der Waals surface area contributed by atoms with E-state index in [2.05, 4.69) is 32.7 Å². The first-order valence-electron chi connectivity index (χ1n) is 8.21. The van der Waals surface area contributed by atoms with Crippen LogP contribution in [0.4, 0.5) is 10.6 Å². The van der Waals surface area contributed by atoms with E-state index in [9.17, 15) is 4.79 Å². The number of amides is 1. The third-order valence-electron chi connectivity index (χ3n) is 3.90. The van der Waals surface area contributed by atoms with Crippen LogP contribution in [0.15, 0.2) is 71.5 Å². The van der Waals surface area contributed by atoms with Gasteiger partial charge in [0.2, 0.25) is 0 Å². The fourth-order valence-corrected chi connectivity index (χ4v) is 3.07. The van der Waals surface area contributed by atoms with Crippen molar-refractivity contribution in [2.24, 2.45) is 0 Å². The predicted molar refractivity (Wildman–Crippen MR) is 107 cm³/mol. The minimum atomic E-state index is -0.503. The lowest BCUT2D eigenvalue weighted by Gasteiger charge is -2.20. The molecule has 4 aromatic rings. The zero-order valence-electron chi connectivity index (χ0n) is 14.2. The van der Waals surface area contributed by atoms with Gasteiger partial charge in [-0.25, -0.2) is 14.3 Å². The summed E-state index contributed by atoms with van der Waals surface area (Å²) >= 11 is 2.14. The fourth-order valence-electron chi connectivity index (χ4n) is 2.57. The molecule has 0 N–H and O–H groups in total. The van der Waals surface area contributed by atoms with E-state index in [1.807, 2.05) is 36.4 Å². The van der Waals surface area contributed by atoms with Gasteiger partial charge in [0.25, 0.3) is 0 Å². The maximum absolute atomic E-state index is 12.8. The van der Waals surface area contributed by atoms with Gasteiger partial charge in [-0.1, -0.05) is 30.3 Å². The third kappa shape index (κ3) is 3.95. The van der Waals surface area contributed by atoms with Crippen LogP contribution in [-0.4, -0.2) is 20.7 Å². The van der Waals surface area contributed by atoms with Crippen LogP contribution < -0.4 is 4.90 Å². The van der Waals surface area contributed by atoms with Crippen LogP contribution >= 0.6 is 22.6 Å². The van der Waals surface area contributed by atoms with Crippen LogP contribution in [0, 0.1) is 3.70 Å². The Labute approximate surface area is 168 Å². The number of hydrogen-bond acceptors (Lipinski definition) is 5. The molecule has 4 rings (SSSR count). The molecule has 1 aromatic carbocycles. The number of ether oxygens (including phenoxy) is 1. The lowest BCUT2D eigenvalue weighted by molar-refractivity contribution is 0.146. The molecule has 0 radical (unpaired) electrons. The summed E-state index contributed by atoms with van der Waals surface area (Å²) in [6.45, 7) is 0.392. The number of benzene rings is 1. The minimum absolute atomic E-state index is 0.180. The third-order valence-corrected chi connectivity index (χ3v) is 4.64. The maximum atomic E-state index is 12.8. The molecule has 0 saturated heterocycles. The number of carbonyl (C=O) groups excluding carboxylic acids is 1. The van der Waals surface area contributed by atoms with Crippen molar-refractivity contribution in [2.75, 3.05) is 4.90 Å². The topological polar surface area (TPSA) is 72.9 Å². The van der Waals surface area contributed by atoms with E-state index in [4.69, 9.17) is 9.15 Å². The molecular weight excluding hydrogens is 459 g/mol. The second-order valence-corrected chi connectivity index (χ2v) is 6.85. The lowest BCUT2D eigenvalue weighted by atomic mass is 10.2. The summed E-state index contributed by atoms with van der Waals surface area (Å²) in [5.74, 6) is 1.08. The van der Waals surface area contributed by atoms with Crippen molar-refractivity contribution in [3.05, 3.63) is 82.1 Å². The van der Waals surface area contributed by atoms with Crippen LogP contribution in [0.2, 0.25) is 0 Å². The first-order chi connectivity index (χ1) is 13.2. The molecule has 0 fully saturated rings. The number of rotatable bonds is 5. The molecule has 0 aliphatic rings. The minimum Gasteiger partial charge on any atom is -0.467 e. The summed E-state index contributed by atoms with van der Waals surface area (Å²) in [5, 5.41) is 4.52. The highest BCUT2D eigenvalue weighted by molar-refractivity contribution is 14.1. The Morgan fingerprint density at radius 2 is 2.00 bits per heavy atom. The standard InChI is InChI=1S/C19H15IN4O3/c20-16-11-21-17-8-9-18(22-24(16)17)23(12-15-7-4-10-26-15)19(25)27-13-14-5-2-1-3-6-14/h1-11H,12-13H2. The largest absolute Gasteiger partial charge is 0.467 e. The highest BCUT2D eigenvalue weighted by Crippen LogP contribution is 2.19. The molecule has 136 valence electrons. The summed E-state index contributed by atoms with van der Waals surface area (Å²) in [5.41, 5.74) is 1.62. The summed E-state index contributed by atoms with van der Waals surface area (Å²) in [6.07, 6.45) is 2.78. The van der Waals surface area contributed by atoms with E-state index >= 15 is 0 Å². The van der Waals surface area contributed by atoms with Gasteiger partial charge < -0.3 is 9.15 Å². The molecule has 27 heavy (non-hydrogen) atoms. The van der Waals surface area contributed by atoms with Crippen molar-refractivity contribution in [3.63, 3.8) is 0 Å². The van der Waals surface area contributed by atoms with Crippen LogP contribution in [0.3, 0.4) is 0 Å². The van der Waals surface area contributed by atoms with E-state index in [1.165, 1.54) is 4.90 Å². The molecule has 0 spiro atoms. The Balaban J connectivity index is 1.61. The smallest absolute Gasteiger partial charge is 0.416 e. The van der Waals surface area contributed by atoms with Crippen LogP contribution in [-0.2, 0) is 17.9 Å².